The Hall–Kier alpha value is -0.880. The summed E-state index contributed by atoms with van der Waals surface area (Å²) in [6, 6.07) is 3.33. The number of carbonyl (C=O) groups is 2. The van der Waals surface area contributed by atoms with Gasteiger partial charge in [0.25, 0.3) is 5.91 Å². The topological polar surface area (TPSA) is 49.4 Å². The van der Waals surface area contributed by atoms with Crippen molar-refractivity contribution in [2.75, 3.05) is 13.6 Å². The summed E-state index contributed by atoms with van der Waals surface area (Å²) in [5.41, 5.74) is 0. The number of halogens is 1. The molecule has 1 aliphatic heterocycles. The fourth-order valence-corrected chi connectivity index (χ4v) is 3.36. The third kappa shape index (κ3) is 2.52. The summed E-state index contributed by atoms with van der Waals surface area (Å²) < 4.78 is 0.927. The lowest BCUT2D eigenvalue weighted by Crippen LogP contribution is -2.44. The molecule has 0 spiro atoms. The zero-order valence-electron chi connectivity index (χ0n) is 9.40. The van der Waals surface area contributed by atoms with Crippen molar-refractivity contribution in [2.24, 2.45) is 0 Å². The van der Waals surface area contributed by atoms with Gasteiger partial charge in [-0.05, 0) is 40.9 Å². The molecule has 1 fully saturated rings. The predicted molar refractivity (Wildman–Crippen MR) is 70.1 cm³/mol. The molecule has 92 valence electrons. The molecule has 2 amide bonds. The second-order valence-electron chi connectivity index (χ2n) is 3.87. The van der Waals surface area contributed by atoms with E-state index < -0.39 is 0 Å². The molecule has 1 N–H and O–H groups in total. The van der Waals surface area contributed by atoms with Crippen LogP contribution in [0.3, 0.4) is 0 Å². The molecule has 1 aromatic rings. The van der Waals surface area contributed by atoms with Crippen molar-refractivity contribution < 1.29 is 9.59 Å². The smallest absolute Gasteiger partial charge is 0.264 e. The van der Waals surface area contributed by atoms with Crippen LogP contribution in [0.5, 0.6) is 0 Å². The molecule has 1 aromatic heterocycles. The van der Waals surface area contributed by atoms with Crippen LogP contribution in [0.1, 0.15) is 22.5 Å². The molecule has 6 heteroatoms. The number of nitrogens with zero attached hydrogens (tertiary/aromatic N) is 1. The van der Waals surface area contributed by atoms with E-state index in [2.05, 4.69) is 21.2 Å². The van der Waals surface area contributed by atoms with Crippen molar-refractivity contribution in [2.45, 2.75) is 18.9 Å². The molecule has 2 rings (SSSR count). The van der Waals surface area contributed by atoms with E-state index in [1.54, 1.807) is 18.0 Å². The van der Waals surface area contributed by atoms with Crippen LogP contribution in [0.2, 0.25) is 0 Å². The van der Waals surface area contributed by atoms with Crippen LogP contribution in [-0.2, 0) is 4.79 Å². The summed E-state index contributed by atoms with van der Waals surface area (Å²) in [5, 5.41) is 2.61. The maximum absolute atomic E-state index is 12.2. The van der Waals surface area contributed by atoms with Gasteiger partial charge in [-0.2, -0.15) is 0 Å². The number of likely N-dealkylation sites (N-methyl/N-ethyl adjacent to an activating group) is 1. The monoisotopic (exact) mass is 316 g/mol. The highest BCUT2D eigenvalue weighted by Crippen LogP contribution is 2.26. The molecule has 17 heavy (non-hydrogen) atoms. The summed E-state index contributed by atoms with van der Waals surface area (Å²) >= 11 is 4.73. The second kappa shape index (κ2) is 5.18. The van der Waals surface area contributed by atoms with Gasteiger partial charge < -0.3 is 10.2 Å². The Bertz CT molecular complexity index is 446. The van der Waals surface area contributed by atoms with Crippen LogP contribution in [0.4, 0.5) is 0 Å². The molecule has 1 saturated heterocycles. The minimum absolute atomic E-state index is 0.0493. The largest absolute Gasteiger partial charge is 0.357 e. The first-order valence-electron chi connectivity index (χ1n) is 5.41. The standard InChI is InChI=1S/C11H13BrN2O2S/c1-13-10(15)7-3-2-6-14(7)11(16)8-4-5-9(12)17-8/h4-5,7H,2-3,6H2,1H3,(H,13,15). The van der Waals surface area contributed by atoms with Gasteiger partial charge in [0.1, 0.15) is 6.04 Å². The molecule has 0 bridgehead atoms. The van der Waals surface area contributed by atoms with Crippen LogP contribution in [-0.4, -0.2) is 36.3 Å². The average molecular weight is 317 g/mol. The van der Waals surface area contributed by atoms with Gasteiger partial charge in [-0.1, -0.05) is 0 Å². The van der Waals surface area contributed by atoms with Crippen molar-refractivity contribution in [1.29, 1.82) is 0 Å². The fraction of sp³-hybridized carbons (Fsp3) is 0.455. The Kier molecular flexibility index (Phi) is 3.83. The van der Waals surface area contributed by atoms with Crippen molar-refractivity contribution >= 4 is 39.1 Å². The molecule has 0 aromatic carbocycles. The van der Waals surface area contributed by atoms with E-state index in [4.69, 9.17) is 0 Å². The number of hydrogen-bond acceptors (Lipinski definition) is 3. The zero-order chi connectivity index (χ0) is 12.4. The van der Waals surface area contributed by atoms with Crippen molar-refractivity contribution in [1.82, 2.24) is 10.2 Å². The van der Waals surface area contributed by atoms with E-state index in [1.807, 2.05) is 6.07 Å². The summed E-state index contributed by atoms with van der Waals surface area (Å²) in [6.07, 6.45) is 1.63. The lowest BCUT2D eigenvalue weighted by molar-refractivity contribution is -0.124. The van der Waals surface area contributed by atoms with Crippen LogP contribution in [0, 0.1) is 0 Å². The molecule has 0 radical (unpaired) electrons. The van der Waals surface area contributed by atoms with Crippen LogP contribution in [0.15, 0.2) is 15.9 Å². The van der Waals surface area contributed by atoms with Gasteiger partial charge in [0.2, 0.25) is 5.91 Å². The van der Waals surface area contributed by atoms with Crippen molar-refractivity contribution in [3.05, 3.63) is 20.8 Å². The number of likely N-dealkylation sites (tertiary alicyclic amines) is 1. The summed E-state index contributed by atoms with van der Waals surface area (Å²) in [5.74, 6) is -0.127. The van der Waals surface area contributed by atoms with Gasteiger partial charge in [0, 0.05) is 13.6 Å². The first-order valence-corrected chi connectivity index (χ1v) is 7.02. The summed E-state index contributed by atoms with van der Waals surface area (Å²) in [6.45, 7) is 0.659. The molecule has 0 saturated carbocycles. The van der Waals surface area contributed by atoms with E-state index in [0.29, 0.717) is 11.4 Å². The number of nitrogens with one attached hydrogen (secondary N) is 1. The van der Waals surface area contributed by atoms with Crippen molar-refractivity contribution in [3.8, 4) is 0 Å². The van der Waals surface area contributed by atoms with Gasteiger partial charge in [-0.15, -0.1) is 11.3 Å². The normalized spacial score (nSPS) is 19.4. The van der Waals surface area contributed by atoms with E-state index in [9.17, 15) is 9.59 Å². The Balaban J connectivity index is 2.16. The number of hydrogen-bond donors (Lipinski definition) is 1. The van der Waals surface area contributed by atoms with Crippen LogP contribution >= 0.6 is 27.3 Å². The maximum Gasteiger partial charge on any atom is 0.264 e. The highest BCUT2D eigenvalue weighted by molar-refractivity contribution is 9.11. The second-order valence-corrected chi connectivity index (χ2v) is 6.34. The lowest BCUT2D eigenvalue weighted by Gasteiger charge is -2.22. The molecule has 1 atom stereocenters. The quantitative estimate of drug-likeness (QED) is 0.905. The van der Waals surface area contributed by atoms with Crippen molar-refractivity contribution in [3.63, 3.8) is 0 Å². The minimum atomic E-state index is -0.312. The summed E-state index contributed by atoms with van der Waals surface area (Å²) in [4.78, 5) is 26.2. The van der Waals surface area contributed by atoms with Gasteiger partial charge in [0.05, 0.1) is 8.66 Å². The number of thiophene rings is 1. The molecule has 2 heterocycles. The Morgan fingerprint density at radius 1 is 1.53 bits per heavy atom. The number of carbonyl (C=O) groups excluding carboxylic acids is 2. The highest BCUT2D eigenvalue weighted by Gasteiger charge is 2.34. The van der Waals surface area contributed by atoms with Gasteiger partial charge in [-0.3, -0.25) is 9.59 Å². The highest BCUT2D eigenvalue weighted by atomic mass is 79.9. The van der Waals surface area contributed by atoms with E-state index in [0.717, 1.165) is 16.6 Å². The molecular formula is C11H13BrN2O2S. The van der Waals surface area contributed by atoms with Gasteiger partial charge >= 0.3 is 0 Å². The number of amides is 2. The van der Waals surface area contributed by atoms with E-state index in [1.165, 1.54) is 11.3 Å². The fourth-order valence-electron chi connectivity index (χ4n) is 2.02. The van der Waals surface area contributed by atoms with Crippen LogP contribution < -0.4 is 5.32 Å². The maximum atomic E-state index is 12.2. The molecular weight excluding hydrogens is 304 g/mol. The van der Waals surface area contributed by atoms with Gasteiger partial charge in [-0.25, -0.2) is 0 Å². The zero-order valence-corrected chi connectivity index (χ0v) is 11.8. The Morgan fingerprint density at radius 3 is 2.88 bits per heavy atom. The Labute approximate surface area is 112 Å². The van der Waals surface area contributed by atoms with E-state index in [-0.39, 0.29) is 17.9 Å². The third-order valence-electron chi connectivity index (χ3n) is 2.85. The minimum Gasteiger partial charge on any atom is -0.357 e. The Morgan fingerprint density at radius 2 is 2.29 bits per heavy atom. The third-order valence-corrected chi connectivity index (χ3v) is 4.46. The summed E-state index contributed by atoms with van der Waals surface area (Å²) in [7, 11) is 1.60. The molecule has 4 nitrogen and oxygen atoms in total. The van der Waals surface area contributed by atoms with E-state index >= 15 is 0 Å². The van der Waals surface area contributed by atoms with Gasteiger partial charge in [0.15, 0.2) is 0 Å². The number of rotatable bonds is 2. The molecule has 1 unspecified atom stereocenters. The predicted octanol–water partition coefficient (Wildman–Crippen LogP) is 1.86. The molecule has 0 aliphatic carbocycles. The SMILES string of the molecule is CNC(=O)C1CCCN1C(=O)c1ccc(Br)s1. The average Bonchev–Trinajstić information content (AvgIpc) is 2.95. The lowest BCUT2D eigenvalue weighted by atomic mass is 10.2. The first-order chi connectivity index (χ1) is 8.13. The first kappa shape index (κ1) is 12.6. The van der Waals surface area contributed by atoms with Crippen LogP contribution in [0.25, 0.3) is 0 Å². The molecule has 1 aliphatic rings.